The van der Waals surface area contributed by atoms with Crippen molar-refractivity contribution in [2.45, 2.75) is 0 Å². The Hall–Kier alpha value is -5.66. The summed E-state index contributed by atoms with van der Waals surface area (Å²) >= 11 is 0. The minimum atomic E-state index is 1.21. The van der Waals surface area contributed by atoms with Gasteiger partial charge in [-0.05, 0) is 79.5 Å². The van der Waals surface area contributed by atoms with Crippen LogP contribution in [0.15, 0.2) is 164 Å². The zero-order valence-corrected chi connectivity index (χ0v) is 23.5. The SMILES string of the molecule is c1ccc2c(-n3c4ccccc4c4cc(-c5ccc(-c6c7ccccc7cc7ccccc67)cc5)ccc43)cccc2c1. The van der Waals surface area contributed by atoms with Crippen LogP contribution in [0.25, 0.3) is 82.1 Å². The Morgan fingerprint density at radius 1 is 0.302 bits per heavy atom. The average Bonchev–Trinajstić information content (AvgIpc) is 3.40. The van der Waals surface area contributed by atoms with Crippen LogP contribution in [0.3, 0.4) is 0 Å². The Bertz CT molecular complexity index is 2440. The van der Waals surface area contributed by atoms with E-state index in [1.807, 2.05) is 0 Å². The normalized spacial score (nSPS) is 11.7. The molecule has 43 heavy (non-hydrogen) atoms. The van der Waals surface area contributed by atoms with E-state index in [2.05, 4.69) is 168 Å². The highest BCUT2D eigenvalue weighted by atomic mass is 15.0. The lowest BCUT2D eigenvalue weighted by molar-refractivity contribution is 1.20. The molecular formula is C42H27N. The fraction of sp³-hybridized carbons (Fsp3) is 0. The van der Waals surface area contributed by atoms with Gasteiger partial charge >= 0.3 is 0 Å². The van der Waals surface area contributed by atoms with E-state index >= 15 is 0 Å². The molecule has 0 fully saturated rings. The number of para-hydroxylation sites is 1. The average molecular weight is 546 g/mol. The molecule has 0 amide bonds. The summed E-state index contributed by atoms with van der Waals surface area (Å²) in [5.41, 5.74) is 8.65. The molecule has 0 aliphatic rings. The third kappa shape index (κ3) is 3.72. The molecule has 0 atom stereocenters. The van der Waals surface area contributed by atoms with Crippen LogP contribution >= 0.6 is 0 Å². The molecule has 9 rings (SSSR count). The lowest BCUT2D eigenvalue weighted by Gasteiger charge is -2.13. The van der Waals surface area contributed by atoms with Crippen LogP contribution in [0.1, 0.15) is 0 Å². The highest BCUT2D eigenvalue weighted by Crippen LogP contribution is 2.39. The molecular weight excluding hydrogens is 518 g/mol. The van der Waals surface area contributed by atoms with E-state index in [0.29, 0.717) is 0 Å². The topological polar surface area (TPSA) is 4.93 Å². The first-order valence-corrected chi connectivity index (χ1v) is 14.9. The van der Waals surface area contributed by atoms with Crippen LogP contribution in [-0.2, 0) is 0 Å². The third-order valence-corrected chi connectivity index (χ3v) is 8.96. The van der Waals surface area contributed by atoms with Gasteiger partial charge in [-0.15, -0.1) is 0 Å². The molecule has 0 saturated carbocycles. The summed E-state index contributed by atoms with van der Waals surface area (Å²) in [5.74, 6) is 0. The monoisotopic (exact) mass is 545 g/mol. The molecule has 0 unspecified atom stereocenters. The van der Waals surface area contributed by atoms with Crippen molar-refractivity contribution in [3.8, 4) is 27.9 Å². The molecule has 1 heterocycles. The van der Waals surface area contributed by atoms with Gasteiger partial charge in [0.1, 0.15) is 0 Å². The predicted octanol–water partition coefficient (Wildman–Crippen LogP) is 11.6. The molecule has 0 aliphatic carbocycles. The third-order valence-electron chi connectivity index (χ3n) is 8.96. The van der Waals surface area contributed by atoms with Crippen molar-refractivity contribution in [1.29, 1.82) is 0 Å². The van der Waals surface area contributed by atoms with E-state index in [4.69, 9.17) is 0 Å². The fourth-order valence-electron chi connectivity index (χ4n) is 6.97. The zero-order valence-electron chi connectivity index (χ0n) is 23.5. The zero-order chi connectivity index (χ0) is 28.3. The maximum absolute atomic E-state index is 2.42. The Kier molecular flexibility index (Phi) is 5.27. The number of aromatic nitrogens is 1. The molecule has 0 saturated heterocycles. The number of hydrogen-bond donors (Lipinski definition) is 0. The molecule has 0 N–H and O–H groups in total. The van der Waals surface area contributed by atoms with Crippen molar-refractivity contribution in [2.75, 3.05) is 0 Å². The van der Waals surface area contributed by atoms with Crippen LogP contribution < -0.4 is 0 Å². The summed E-state index contributed by atoms with van der Waals surface area (Å²) < 4.78 is 2.42. The van der Waals surface area contributed by atoms with Crippen molar-refractivity contribution in [1.82, 2.24) is 4.57 Å². The van der Waals surface area contributed by atoms with E-state index in [1.165, 1.54) is 82.1 Å². The van der Waals surface area contributed by atoms with Crippen LogP contribution in [0.2, 0.25) is 0 Å². The Balaban J connectivity index is 1.21. The van der Waals surface area contributed by atoms with Crippen molar-refractivity contribution < 1.29 is 0 Å². The number of rotatable bonds is 3. The molecule has 1 aromatic heterocycles. The van der Waals surface area contributed by atoms with Crippen LogP contribution in [0.4, 0.5) is 0 Å². The molecule has 9 aromatic rings. The minimum absolute atomic E-state index is 1.21. The van der Waals surface area contributed by atoms with Crippen molar-refractivity contribution in [2.24, 2.45) is 0 Å². The van der Waals surface area contributed by atoms with Crippen molar-refractivity contribution in [3.05, 3.63) is 164 Å². The number of fused-ring (bicyclic) bond motifs is 6. The summed E-state index contributed by atoms with van der Waals surface area (Å²) in [4.78, 5) is 0. The Morgan fingerprint density at radius 2 is 0.837 bits per heavy atom. The van der Waals surface area contributed by atoms with E-state index in [-0.39, 0.29) is 0 Å². The maximum Gasteiger partial charge on any atom is 0.0541 e. The molecule has 0 spiro atoms. The molecule has 1 heteroatoms. The molecule has 8 aromatic carbocycles. The molecule has 0 bridgehead atoms. The second-order valence-electron chi connectivity index (χ2n) is 11.4. The van der Waals surface area contributed by atoms with Gasteiger partial charge in [0.2, 0.25) is 0 Å². The summed E-state index contributed by atoms with van der Waals surface area (Å²) in [5, 5.41) is 10.2. The maximum atomic E-state index is 2.42. The first-order valence-electron chi connectivity index (χ1n) is 14.9. The second kappa shape index (κ2) is 9.44. The van der Waals surface area contributed by atoms with Gasteiger partial charge in [-0.3, -0.25) is 0 Å². The molecule has 200 valence electrons. The highest BCUT2D eigenvalue weighted by Gasteiger charge is 2.15. The number of benzene rings is 8. The summed E-state index contributed by atoms with van der Waals surface area (Å²) in [6.45, 7) is 0. The van der Waals surface area contributed by atoms with Gasteiger partial charge in [0.05, 0.1) is 16.7 Å². The van der Waals surface area contributed by atoms with E-state index in [9.17, 15) is 0 Å². The van der Waals surface area contributed by atoms with Crippen LogP contribution in [0.5, 0.6) is 0 Å². The number of hydrogen-bond acceptors (Lipinski definition) is 0. The van der Waals surface area contributed by atoms with Gasteiger partial charge in [-0.25, -0.2) is 0 Å². The van der Waals surface area contributed by atoms with Gasteiger partial charge in [0.25, 0.3) is 0 Å². The van der Waals surface area contributed by atoms with E-state index < -0.39 is 0 Å². The highest BCUT2D eigenvalue weighted by molar-refractivity contribution is 6.13. The van der Waals surface area contributed by atoms with Crippen molar-refractivity contribution in [3.63, 3.8) is 0 Å². The van der Waals surface area contributed by atoms with E-state index in [1.54, 1.807) is 0 Å². The Morgan fingerprint density at radius 3 is 1.58 bits per heavy atom. The lowest BCUT2D eigenvalue weighted by atomic mass is 9.91. The van der Waals surface area contributed by atoms with Crippen LogP contribution in [-0.4, -0.2) is 4.57 Å². The van der Waals surface area contributed by atoms with Crippen molar-refractivity contribution >= 4 is 54.1 Å². The van der Waals surface area contributed by atoms with Gasteiger partial charge in [-0.1, -0.05) is 133 Å². The second-order valence-corrected chi connectivity index (χ2v) is 11.4. The molecule has 1 nitrogen and oxygen atoms in total. The summed E-state index contributed by atoms with van der Waals surface area (Å²) in [7, 11) is 0. The molecule has 0 aliphatic heterocycles. The minimum Gasteiger partial charge on any atom is -0.309 e. The first kappa shape index (κ1) is 24.0. The predicted molar refractivity (Wildman–Crippen MR) is 184 cm³/mol. The number of nitrogens with zero attached hydrogens (tertiary/aromatic N) is 1. The van der Waals surface area contributed by atoms with Gasteiger partial charge in [0.15, 0.2) is 0 Å². The molecule has 0 radical (unpaired) electrons. The van der Waals surface area contributed by atoms with Crippen LogP contribution in [0, 0.1) is 0 Å². The quantitative estimate of drug-likeness (QED) is 0.195. The lowest BCUT2D eigenvalue weighted by Crippen LogP contribution is -1.95. The standard InChI is InChI=1S/C42H27N/c1-4-14-34-29(10-1)13-9-19-39(34)43-40-18-8-7-17-37(40)38-27-31(24-25-41(38)43)28-20-22-30(23-21-28)42-35-15-5-2-11-32(35)26-33-12-3-6-16-36(33)42/h1-27H. The summed E-state index contributed by atoms with van der Waals surface area (Å²) in [6, 6.07) is 59.8. The smallest absolute Gasteiger partial charge is 0.0541 e. The first-order chi connectivity index (χ1) is 21.3. The van der Waals surface area contributed by atoms with Gasteiger partial charge < -0.3 is 4.57 Å². The van der Waals surface area contributed by atoms with E-state index in [0.717, 1.165) is 0 Å². The largest absolute Gasteiger partial charge is 0.309 e. The fourth-order valence-corrected chi connectivity index (χ4v) is 6.97. The van der Waals surface area contributed by atoms with Gasteiger partial charge in [0, 0.05) is 16.2 Å². The van der Waals surface area contributed by atoms with Gasteiger partial charge in [-0.2, -0.15) is 0 Å². The Labute approximate surface area is 249 Å². The summed E-state index contributed by atoms with van der Waals surface area (Å²) in [6.07, 6.45) is 0.